The number of carbonyl (C=O) groups excluding carboxylic acids is 1. The lowest BCUT2D eigenvalue weighted by Crippen LogP contribution is -2.14. The maximum atomic E-state index is 12.2. The number of imidazole rings is 1. The number of rotatable bonds is 6. The molecule has 1 fully saturated rings. The summed E-state index contributed by atoms with van der Waals surface area (Å²) in [5.74, 6) is 0.781. The van der Waals surface area contributed by atoms with Gasteiger partial charge in [-0.25, -0.2) is 9.97 Å². The van der Waals surface area contributed by atoms with Crippen molar-refractivity contribution in [2.45, 2.75) is 17.9 Å². The number of carbonyl (C=O) groups is 1. The number of aromatic amines is 1. The molecule has 5 rings (SSSR count). The SMILES string of the molecule is Cn1cncc1SNc1ccc(-c2cc(NC(=O)C3CC3)nc3[nH]ccc23)cc1. The molecule has 1 saturated carbocycles. The minimum absolute atomic E-state index is 0.0566. The van der Waals surface area contributed by atoms with Crippen molar-refractivity contribution in [3.05, 3.63) is 55.1 Å². The Balaban J connectivity index is 1.39. The van der Waals surface area contributed by atoms with Crippen LogP contribution in [0.2, 0.25) is 0 Å². The van der Waals surface area contributed by atoms with Crippen molar-refractivity contribution in [1.82, 2.24) is 19.5 Å². The third kappa shape index (κ3) is 3.71. The van der Waals surface area contributed by atoms with E-state index in [-0.39, 0.29) is 11.8 Å². The van der Waals surface area contributed by atoms with Crippen LogP contribution in [0.1, 0.15) is 12.8 Å². The van der Waals surface area contributed by atoms with Crippen LogP contribution in [0, 0.1) is 5.92 Å². The van der Waals surface area contributed by atoms with Crippen molar-refractivity contribution in [3.8, 4) is 11.1 Å². The predicted molar refractivity (Wildman–Crippen MR) is 116 cm³/mol. The molecule has 0 spiro atoms. The Bertz CT molecular complexity index is 1180. The molecule has 3 aromatic heterocycles. The van der Waals surface area contributed by atoms with Gasteiger partial charge >= 0.3 is 0 Å². The van der Waals surface area contributed by atoms with Gasteiger partial charge in [-0.05, 0) is 48.2 Å². The van der Waals surface area contributed by atoms with Crippen LogP contribution in [-0.4, -0.2) is 25.4 Å². The summed E-state index contributed by atoms with van der Waals surface area (Å²) in [5.41, 5.74) is 3.87. The Labute approximate surface area is 172 Å². The van der Waals surface area contributed by atoms with Crippen molar-refractivity contribution >= 4 is 40.4 Å². The van der Waals surface area contributed by atoms with E-state index < -0.39 is 0 Å². The quantitative estimate of drug-likeness (QED) is 0.414. The maximum Gasteiger partial charge on any atom is 0.228 e. The fourth-order valence-electron chi connectivity index (χ4n) is 3.19. The van der Waals surface area contributed by atoms with E-state index in [1.54, 1.807) is 6.33 Å². The van der Waals surface area contributed by atoms with Crippen LogP contribution >= 0.6 is 11.9 Å². The lowest BCUT2D eigenvalue weighted by molar-refractivity contribution is -0.117. The van der Waals surface area contributed by atoms with Crippen molar-refractivity contribution in [2.24, 2.45) is 13.0 Å². The summed E-state index contributed by atoms with van der Waals surface area (Å²) in [6.07, 6.45) is 7.40. The first-order chi connectivity index (χ1) is 14.2. The number of nitrogens with zero attached hydrogens (tertiary/aromatic N) is 3. The number of fused-ring (bicyclic) bond motifs is 1. The van der Waals surface area contributed by atoms with Gasteiger partial charge in [0.05, 0.1) is 12.5 Å². The summed E-state index contributed by atoms with van der Waals surface area (Å²) in [4.78, 5) is 24.0. The third-order valence-electron chi connectivity index (χ3n) is 4.97. The third-order valence-corrected chi connectivity index (χ3v) is 5.91. The van der Waals surface area contributed by atoms with Gasteiger partial charge in [0, 0.05) is 42.2 Å². The second-order valence-electron chi connectivity index (χ2n) is 7.18. The molecule has 1 aliphatic rings. The average Bonchev–Trinajstić information content (AvgIpc) is 3.35. The highest BCUT2D eigenvalue weighted by Crippen LogP contribution is 2.33. The van der Waals surface area contributed by atoms with Crippen LogP contribution in [-0.2, 0) is 11.8 Å². The van der Waals surface area contributed by atoms with Gasteiger partial charge in [0.15, 0.2) is 0 Å². The van der Waals surface area contributed by atoms with Crippen molar-refractivity contribution < 1.29 is 4.79 Å². The fourth-order valence-corrected chi connectivity index (χ4v) is 3.85. The van der Waals surface area contributed by atoms with Crippen LogP contribution in [0.3, 0.4) is 0 Å². The van der Waals surface area contributed by atoms with E-state index in [9.17, 15) is 4.79 Å². The van der Waals surface area contributed by atoms with Gasteiger partial charge in [0.2, 0.25) is 5.91 Å². The first-order valence-electron chi connectivity index (χ1n) is 9.46. The van der Waals surface area contributed by atoms with Crippen LogP contribution in [0.5, 0.6) is 0 Å². The number of pyridine rings is 1. The lowest BCUT2D eigenvalue weighted by Gasteiger charge is -2.10. The van der Waals surface area contributed by atoms with Gasteiger partial charge in [0.25, 0.3) is 0 Å². The van der Waals surface area contributed by atoms with Crippen molar-refractivity contribution in [1.29, 1.82) is 0 Å². The molecular weight excluding hydrogens is 384 g/mol. The Morgan fingerprint density at radius 1 is 1.24 bits per heavy atom. The molecule has 0 radical (unpaired) electrons. The van der Waals surface area contributed by atoms with E-state index in [0.717, 1.165) is 45.7 Å². The number of anilines is 2. The number of aromatic nitrogens is 4. The molecule has 0 unspecified atom stereocenters. The van der Waals surface area contributed by atoms with E-state index in [1.807, 2.05) is 48.3 Å². The minimum Gasteiger partial charge on any atom is -0.346 e. The number of nitrogens with one attached hydrogen (secondary N) is 3. The molecule has 0 aliphatic heterocycles. The van der Waals surface area contributed by atoms with E-state index in [2.05, 4.69) is 37.1 Å². The normalized spacial score (nSPS) is 13.6. The summed E-state index contributed by atoms with van der Waals surface area (Å²) in [5, 5.41) is 5.02. The Hall–Kier alpha value is -3.26. The fraction of sp³-hybridized carbons (Fsp3) is 0.190. The van der Waals surface area contributed by atoms with Gasteiger partial charge < -0.3 is 19.6 Å². The Morgan fingerprint density at radius 3 is 2.79 bits per heavy atom. The molecular formula is C21H20N6OS. The zero-order valence-electron chi connectivity index (χ0n) is 15.8. The van der Waals surface area contributed by atoms with Crippen LogP contribution in [0.15, 0.2) is 60.1 Å². The zero-order chi connectivity index (χ0) is 19.8. The molecule has 1 aromatic carbocycles. The molecule has 1 amide bonds. The topological polar surface area (TPSA) is 87.6 Å². The van der Waals surface area contributed by atoms with Gasteiger partial charge in [-0.3, -0.25) is 4.79 Å². The molecule has 0 saturated heterocycles. The zero-order valence-corrected chi connectivity index (χ0v) is 16.7. The highest BCUT2D eigenvalue weighted by Gasteiger charge is 2.30. The molecule has 0 atom stereocenters. The Kier molecular flexibility index (Phi) is 4.48. The first-order valence-corrected chi connectivity index (χ1v) is 10.3. The maximum absolute atomic E-state index is 12.2. The molecule has 3 N–H and O–H groups in total. The number of hydrogen-bond donors (Lipinski definition) is 3. The highest BCUT2D eigenvalue weighted by atomic mass is 32.2. The van der Waals surface area contributed by atoms with Crippen LogP contribution in [0.25, 0.3) is 22.2 Å². The number of H-pyrrole nitrogens is 1. The van der Waals surface area contributed by atoms with Gasteiger partial charge in [-0.2, -0.15) is 0 Å². The van der Waals surface area contributed by atoms with E-state index >= 15 is 0 Å². The first kappa shape index (κ1) is 17.8. The van der Waals surface area contributed by atoms with Gasteiger partial charge in [-0.1, -0.05) is 12.1 Å². The summed E-state index contributed by atoms with van der Waals surface area (Å²) in [6.45, 7) is 0. The summed E-state index contributed by atoms with van der Waals surface area (Å²) >= 11 is 1.52. The van der Waals surface area contributed by atoms with Crippen LogP contribution in [0.4, 0.5) is 11.5 Å². The lowest BCUT2D eigenvalue weighted by atomic mass is 10.0. The number of amides is 1. The second kappa shape index (κ2) is 7.29. The van der Waals surface area contributed by atoms with Crippen molar-refractivity contribution in [2.75, 3.05) is 10.0 Å². The molecule has 4 aromatic rings. The second-order valence-corrected chi connectivity index (χ2v) is 8.01. The predicted octanol–water partition coefficient (Wildman–Crippen LogP) is 4.43. The molecule has 29 heavy (non-hydrogen) atoms. The standard InChI is InChI=1S/C21H20N6OS/c1-27-12-22-11-19(27)29-26-15-6-4-13(5-7-15)17-10-18(25-21(28)14-2-3-14)24-20-16(17)8-9-23-20/h4-12,14,26H,2-3H2,1H3,(H2,23,24,25,28). The van der Waals surface area contributed by atoms with E-state index in [4.69, 9.17) is 0 Å². The molecule has 7 nitrogen and oxygen atoms in total. The molecule has 1 aliphatic carbocycles. The monoisotopic (exact) mass is 404 g/mol. The minimum atomic E-state index is 0.0566. The number of aryl methyl sites for hydroxylation is 1. The summed E-state index contributed by atoms with van der Waals surface area (Å²) in [7, 11) is 1.96. The summed E-state index contributed by atoms with van der Waals surface area (Å²) in [6, 6.07) is 12.2. The number of benzene rings is 1. The smallest absolute Gasteiger partial charge is 0.228 e. The van der Waals surface area contributed by atoms with Gasteiger partial charge in [0.1, 0.15) is 16.5 Å². The highest BCUT2D eigenvalue weighted by molar-refractivity contribution is 8.00. The molecule has 8 heteroatoms. The largest absolute Gasteiger partial charge is 0.346 e. The number of hydrogen-bond acceptors (Lipinski definition) is 5. The molecule has 3 heterocycles. The van der Waals surface area contributed by atoms with Gasteiger partial charge in [-0.15, -0.1) is 0 Å². The van der Waals surface area contributed by atoms with E-state index in [1.165, 1.54) is 11.9 Å². The Morgan fingerprint density at radius 2 is 2.07 bits per heavy atom. The molecule has 146 valence electrons. The average molecular weight is 404 g/mol. The van der Waals surface area contributed by atoms with E-state index in [0.29, 0.717) is 5.82 Å². The summed E-state index contributed by atoms with van der Waals surface area (Å²) < 4.78 is 5.30. The van der Waals surface area contributed by atoms with Crippen LogP contribution < -0.4 is 10.0 Å². The van der Waals surface area contributed by atoms with Crippen molar-refractivity contribution in [3.63, 3.8) is 0 Å². The molecule has 0 bridgehead atoms.